The van der Waals surface area contributed by atoms with Crippen LogP contribution >= 0.6 is 0 Å². The summed E-state index contributed by atoms with van der Waals surface area (Å²) in [7, 11) is 0. The van der Waals surface area contributed by atoms with Crippen LogP contribution in [0.1, 0.15) is 65.2 Å². The van der Waals surface area contributed by atoms with Crippen molar-refractivity contribution in [3.8, 4) is 0 Å². The van der Waals surface area contributed by atoms with Gasteiger partial charge in [0.05, 0.1) is 0 Å². The van der Waals surface area contributed by atoms with Gasteiger partial charge in [0, 0.05) is 17.7 Å². The number of carbonyl (C=O) groups excluding carboxylic acids is 2. The molecule has 1 saturated heterocycles. The average molecular weight is 354 g/mol. The van der Waals surface area contributed by atoms with E-state index in [-0.39, 0.29) is 23.0 Å². The fourth-order valence-electron chi connectivity index (χ4n) is 3.96. The summed E-state index contributed by atoms with van der Waals surface area (Å²) in [5.74, 6) is -0.568. The summed E-state index contributed by atoms with van der Waals surface area (Å²) >= 11 is 0. The Morgan fingerprint density at radius 1 is 0.962 bits per heavy atom. The minimum atomic E-state index is -0.347. The molecule has 0 bridgehead atoms. The van der Waals surface area contributed by atoms with Gasteiger partial charge in [0.25, 0.3) is 0 Å². The number of hydrogen-bond donors (Lipinski definition) is 0. The van der Waals surface area contributed by atoms with Gasteiger partial charge in [-0.05, 0) is 44.3 Å². The normalized spacial score (nSPS) is 19.5. The molecule has 1 fully saturated rings. The van der Waals surface area contributed by atoms with E-state index < -0.39 is 0 Å². The van der Waals surface area contributed by atoms with Crippen LogP contribution in [-0.2, 0) is 6.54 Å². The first kappa shape index (κ1) is 17.1. The fourth-order valence-corrected chi connectivity index (χ4v) is 3.96. The third kappa shape index (κ3) is 2.69. The molecule has 2 aliphatic rings. The number of likely N-dealkylation sites (tertiary alicyclic amines) is 1. The molecule has 0 atom stereocenters. The van der Waals surface area contributed by atoms with Crippen molar-refractivity contribution < 1.29 is 9.59 Å². The molecular weight excluding hydrogens is 330 g/mol. The molecule has 2 heterocycles. The van der Waals surface area contributed by atoms with Crippen LogP contribution in [0.2, 0.25) is 0 Å². The molecule has 0 unspecified atom stereocenters. The van der Waals surface area contributed by atoms with Crippen LogP contribution in [0, 0.1) is 10.6 Å². The highest BCUT2D eigenvalue weighted by Crippen LogP contribution is 2.31. The number of rotatable bonds is 4. The molecular formula is C20H24N3O3-. The van der Waals surface area contributed by atoms with Crippen LogP contribution in [0.5, 0.6) is 0 Å². The maximum atomic E-state index is 12.7. The first-order valence-corrected chi connectivity index (χ1v) is 9.29. The molecule has 1 aliphatic heterocycles. The van der Waals surface area contributed by atoms with E-state index >= 15 is 0 Å². The minimum absolute atomic E-state index is 0.00609. The maximum Gasteiger partial charge on any atom is 0.213 e. The van der Waals surface area contributed by atoms with Crippen LogP contribution in [0.25, 0.3) is 0 Å². The lowest BCUT2D eigenvalue weighted by Crippen LogP contribution is -2.40. The van der Waals surface area contributed by atoms with Crippen molar-refractivity contribution in [3.05, 3.63) is 52.0 Å². The highest BCUT2D eigenvalue weighted by molar-refractivity contribution is 6.27. The Balaban J connectivity index is 1.44. The Hall–Kier alpha value is -2.34. The Morgan fingerprint density at radius 3 is 2.15 bits per heavy atom. The van der Waals surface area contributed by atoms with Gasteiger partial charge >= 0.3 is 0 Å². The van der Waals surface area contributed by atoms with E-state index in [1.165, 1.54) is 17.5 Å². The van der Waals surface area contributed by atoms with Gasteiger partial charge in [-0.3, -0.25) is 14.3 Å². The molecule has 6 heteroatoms. The summed E-state index contributed by atoms with van der Waals surface area (Å²) in [4.78, 5) is 28.2. The van der Waals surface area contributed by atoms with E-state index in [2.05, 4.69) is 18.7 Å². The van der Waals surface area contributed by atoms with E-state index in [4.69, 9.17) is 0 Å². The highest BCUT2D eigenvalue weighted by Gasteiger charge is 2.36. The zero-order chi connectivity index (χ0) is 18.5. The summed E-state index contributed by atoms with van der Waals surface area (Å²) in [5.41, 5.74) is 1.40. The Kier molecular flexibility index (Phi) is 4.03. The molecule has 1 aromatic heterocycles. The van der Waals surface area contributed by atoms with Crippen LogP contribution in [-0.4, -0.2) is 45.6 Å². The highest BCUT2D eigenvalue weighted by atomic mass is 16.5. The molecule has 0 amide bonds. The average Bonchev–Trinajstić information content (AvgIpc) is 2.62. The lowest BCUT2D eigenvalue weighted by Gasteiger charge is -2.38. The molecule has 26 heavy (non-hydrogen) atoms. The summed E-state index contributed by atoms with van der Waals surface area (Å²) in [6.07, 6.45) is 3.16. The molecule has 0 spiro atoms. The third-order valence-electron chi connectivity index (χ3n) is 5.79. The molecule has 4 rings (SSSR count). The van der Waals surface area contributed by atoms with Crippen LogP contribution in [0.4, 0.5) is 0 Å². The van der Waals surface area contributed by atoms with Crippen molar-refractivity contribution in [1.29, 1.82) is 0 Å². The fraction of sp³-hybridized carbons (Fsp3) is 0.500. The Labute approximate surface area is 152 Å². The number of carbonyl (C=O) groups is 2. The minimum Gasteiger partial charge on any atom is -0.791 e. The SMILES string of the molecule is CC1(C)CCN(CCCn2c3c(n2[O-])C(=O)c2ccccc2C3=O)CC1. The second-order valence-electron chi connectivity index (χ2n) is 8.16. The van der Waals surface area contributed by atoms with Crippen LogP contribution < -0.4 is 0 Å². The molecule has 0 radical (unpaired) electrons. The van der Waals surface area contributed by atoms with Gasteiger partial charge in [0.15, 0.2) is 0 Å². The van der Waals surface area contributed by atoms with Crippen molar-refractivity contribution in [2.45, 2.75) is 39.7 Å². The van der Waals surface area contributed by atoms with Crippen LogP contribution in [0.15, 0.2) is 24.3 Å². The van der Waals surface area contributed by atoms with Gasteiger partial charge in [-0.25, -0.2) is 0 Å². The van der Waals surface area contributed by atoms with E-state index in [0.717, 1.165) is 26.1 Å². The number of fused-ring (bicyclic) bond motifs is 2. The van der Waals surface area contributed by atoms with Crippen molar-refractivity contribution >= 4 is 11.6 Å². The van der Waals surface area contributed by atoms with Crippen molar-refractivity contribution in [1.82, 2.24) is 14.4 Å². The topological polar surface area (TPSA) is 70.3 Å². The summed E-state index contributed by atoms with van der Waals surface area (Å²) in [5, 5.41) is 12.3. The molecule has 0 saturated carbocycles. The molecule has 1 aromatic carbocycles. The number of hydrogen-bond acceptors (Lipinski definition) is 4. The zero-order valence-electron chi connectivity index (χ0n) is 15.3. The second kappa shape index (κ2) is 6.13. The van der Waals surface area contributed by atoms with Gasteiger partial charge in [-0.2, -0.15) is 0 Å². The molecule has 6 nitrogen and oxygen atoms in total. The van der Waals surface area contributed by atoms with Gasteiger partial charge in [-0.15, -0.1) is 0 Å². The number of benzene rings is 1. The largest absolute Gasteiger partial charge is 0.791 e. The summed E-state index contributed by atoms with van der Waals surface area (Å²) < 4.78 is 1.42. The predicted molar refractivity (Wildman–Crippen MR) is 98.6 cm³/mol. The van der Waals surface area contributed by atoms with E-state index in [1.807, 2.05) is 0 Å². The monoisotopic (exact) mass is 354 g/mol. The molecule has 138 valence electrons. The zero-order valence-corrected chi connectivity index (χ0v) is 15.3. The predicted octanol–water partition coefficient (Wildman–Crippen LogP) is 2.92. The van der Waals surface area contributed by atoms with Crippen molar-refractivity contribution in [2.75, 3.05) is 19.6 Å². The number of nitrogens with zero attached hydrogens (tertiary/aromatic N) is 3. The Morgan fingerprint density at radius 2 is 1.54 bits per heavy atom. The standard InChI is InChI=1S/C20H24N3O3/c1-20(2)8-12-21(13-9-20)10-5-11-22-16-17(23(22)26)19(25)15-7-4-3-6-14(15)18(16)24/h3-4,6-7H,5,8-13H2,1-2H3/q-1. The van der Waals surface area contributed by atoms with Gasteiger partial charge in [0.2, 0.25) is 11.6 Å². The van der Waals surface area contributed by atoms with Crippen LogP contribution in [0.3, 0.4) is 0 Å². The van der Waals surface area contributed by atoms with Crippen molar-refractivity contribution in [2.24, 2.45) is 5.41 Å². The van der Waals surface area contributed by atoms with Gasteiger partial charge in [0.1, 0.15) is 11.4 Å². The maximum absolute atomic E-state index is 12.7. The van der Waals surface area contributed by atoms with E-state index in [1.54, 1.807) is 24.3 Å². The first-order valence-electron chi connectivity index (χ1n) is 9.29. The smallest absolute Gasteiger partial charge is 0.213 e. The number of piperidine rings is 1. The quantitative estimate of drug-likeness (QED) is 0.722. The van der Waals surface area contributed by atoms with E-state index in [0.29, 0.717) is 27.9 Å². The first-order chi connectivity index (χ1) is 12.4. The van der Waals surface area contributed by atoms with Gasteiger partial charge < -0.3 is 15.0 Å². The number of ketones is 2. The lowest BCUT2D eigenvalue weighted by atomic mass is 9.83. The number of aromatic nitrogens is 2. The summed E-state index contributed by atoms with van der Waals surface area (Å²) in [6, 6.07) is 6.71. The Bertz CT molecular complexity index is 865. The molecule has 0 N–H and O–H groups in total. The third-order valence-corrected chi connectivity index (χ3v) is 5.79. The second-order valence-corrected chi connectivity index (χ2v) is 8.16. The van der Waals surface area contributed by atoms with E-state index in [9.17, 15) is 14.8 Å². The van der Waals surface area contributed by atoms with Gasteiger partial charge in [-0.1, -0.05) is 38.1 Å². The molecule has 1 aliphatic carbocycles. The summed E-state index contributed by atoms with van der Waals surface area (Å²) in [6.45, 7) is 8.12. The van der Waals surface area contributed by atoms with Crippen molar-refractivity contribution in [3.63, 3.8) is 0 Å². The molecule has 2 aromatic rings. The lowest BCUT2D eigenvalue weighted by molar-refractivity contribution is 0.0939.